The molecule has 1 amide bonds. The maximum atomic E-state index is 12.8. The molecular formula is C23H23NO4S. The van der Waals surface area contributed by atoms with Crippen LogP contribution in [0, 0.1) is 6.92 Å². The zero-order chi connectivity index (χ0) is 20.8. The van der Waals surface area contributed by atoms with Crippen molar-refractivity contribution < 1.29 is 19.1 Å². The molecule has 0 aliphatic rings. The zero-order valence-electron chi connectivity index (χ0n) is 16.7. The molecule has 1 aromatic heterocycles. The van der Waals surface area contributed by atoms with Crippen molar-refractivity contribution in [2.75, 3.05) is 19.0 Å². The topological polar surface area (TPSA) is 64.6 Å². The highest BCUT2D eigenvalue weighted by Gasteiger charge is 2.23. The van der Waals surface area contributed by atoms with Crippen molar-refractivity contribution in [3.8, 4) is 16.9 Å². The summed E-state index contributed by atoms with van der Waals surface area (Å²) in [5.74, 6) is -0.0623. The van der Waals surface area contributed by atoms with Crippen LogP contribution in [0.3, 0.4) is 0 Å². The van der Waals surface area contributed by atoms with Gasteiger partial charge in [-0.15, -0.1) is 11.3 Å². The fourth-order valence-electron chi connectivity index (χ4n) is 2.86. The summed E-state index contributed by atoms with van der Waals surface area (Å²) in [7, 11) is 1.57. The molecule has 0 radical (unpaired) electrons. The van der Waals surface area contributed by atoms with Crippen LogP contribution >= 0.6 is 11.3 Å². The summed E-state index contributed by atoms with van der Waals surface area (Å²) in [6.07, 6.45) is 0.725. The minimum Gasteiger partial charge on any atom is -0.497 e. The molecule has 3 rings (SSSR count). The average molecular weight is 410 g/mol. The highest BCUT2D eigenvalue weighted by atomic mass is 32.1. The molecule has 1 heterocycles. The molecule has 3 aromatic rings. The molecule has 1 N–H and O–H groups in total. The van der Waals surface area contributed by atoms with Gasteiger partial charge >= 0.3 is 5.97 Å². The number of rotatable bonds is 7. The second-order valence-electron chi connectivity index (χ2n) is 6.54. The summed E-state index contributed by atoms with van der Waals surface area (Å²) in [6, 6.07) is 14.7. The van der Waals surface area contributed by atoms with E-state index < -0.39 is 5.97 Å². The number of hydrogen-bond acceptors (Lipinski definition) is 5. The molecule has 0 unspecified atom stereocenters. The first-order valence-corrected chi connectivity index (χ1v) is 10.2. The van der Waals surface area contributed by atoms with Crippen molar-refractivity contribution in [2.45, 2.75) is 20.3 Å². The molecule has 5 nitrogen and oxygen atoms in total. The lowest BCUT2D eigenvalue weighted by molar-refractivity contribution is 0.0507. The molecule has 2 aromatic carbocycles. The molecule has 150 valence electrons. The Morgan fingerprint density at radius 1 is 1.10 bits per heavy atom. The van der Waals surface area contributed by atoms with Gasteiger partial charge in [0.05, 0.1) is 13.7 Å². The van der Waals surface area contributed by atoms with Crippen LogP contribution in [0.15, 0.2) is 53.9 Å². The quantitative estimate of drug-likeness (QED) is 0.520. The van der Waals surface area contributed by atoms with E-state index >= 15 is 0 Å². The number of anilines is 1. The van der Waals surface area contributed by atoms with E-state index in [9.17, 15) is 9.59 Å². The SMILES string of the molecule is CCCOC(=O)c1c(-c2cccc(C)c2)csc1NC(=O)c1ccc(OC)cc1. The van der Waals surface area contributed by atoms with Gasteiger partial charge in [-0.3, -0.25) is 4.79 Å². The maximum Gasteiger partial charge on any atom is 0.341 e. The largest absolute Gasteiger partial charge is 0.497 e. The van der Waals surface area contributed by atoms with Crippen LogP contribution in [0.1, 0.15) is 39.6 Å². The molecular weight excluding hydrogens is 386 g/mol. The van der Waals surface area contributed by atoms with Gasteiger partial charge in [0.15, 0.2) is 0 Å². The Morgan fingerprint density at radius 3 is 2.52 bits per heavy atom. The summed E-state index contributed by atoms with van der Waals surface area (Å²) in [6.45, 7) is 4.26. The van der Waals surface area contributed by atoms with Crippen LogP contribution in [0.25, 0.3) is 11.1 Å². The van der Waals surface area contributed by atoms with Gasteiger partial charge < -0.3 is 14.8 Å². The van der Waals surface area contributed by atoms with Gasteiger partial charge in [0.25, 0.3) is 5.91 Å². The Labute approximate surface area is 174 Å². The first-order valence-electron chi connectivity index (χ1n) is 9.34. The molecule has 0 fully saturated rings. The fraction of sp³-hybridized carbons (Fsp3) is 0.217. The van der Waals surface area contributed by atoms with Gasteiger partial charge in [0, 0.05) is 16.5 Å². The normalized spacial score (nSPS) is 10.4. The molecule has 6 heteroatoms. The predicted molar refractivity (Wildman–Crippen MR) is 116 cm³/mol. The first-order chi connectivity index (χ1) is 14.0. The lowest BCUT2D eigenvalue weighted by atomic mass is 10.0. The number of thiophene rings is 1. The van der Waals surface area contributed by atoms with E-state index in [0.717, 1.165) is 23.1 Å². The van der Waals surface area contributed by atoms with Crippen LogP contribution < -0.4 is 10.1 Å². The monoisotopic (exact) mass is 409 g/mol. The number of amides is 1. The van der Waals surface area contributed by atoms with Crippen LogP contribution in [0.4, 0.5) is 5.00 Å². The van der Waals surface area contributed by atoms with E-state index in [1.165, 1.54) is 11.3 Å². The third kappa shape index (κ3) is 4.84. The Balaban J connectivity index is 1.94. The van der Waals surface area contributed by atoms with Gasteiger partial charge in [-0.2, -0.15) is 0 Å². The fourth-order valence-corrected chi connectivity index (χ4v) is 3.81. The Morgan fingerprint density at radius 2 is 1.86 bits per heavy atom. The van der Waals surface area contributed by atoms with Crippen LogP contribution in [-0.4, -0.2) is 25.6 Å². The van der Waals surface area contributed by atoms with Crippen LogP contribution in [-0.2, 0) is 4.74 Å². The first kappa shape index (κ1) is 20.6. The molecule has 29 heavy (non-hydrogen) atoms. The smallest absolute Gasteiger partial charge is 0.341 e. The molecule has 0 spiro atoms. The van der Waals surface area contributed by atoms with E-state index in [2.05, 4.69) is 5.32 Å². The van der Waals surface area contributed by atoms with Crippen LogP contribution in [0.2, 0.25) is 0 Å². The Hall–Kier alpha value is -3.12. The number of esters is 1. The van der Waals surface area contributed by atoms with Gasteiger partial charge in [-0.05, 0) is 43.2 Å². The number of hydrogen-bond donors (Lipinski definition) is 1. The zero-order valence-corrected chi connectivity index (χ0v) is 17.5. The Kier molecular flexibility index (Phi) is 6.67. The summed E-state index contributed by atoms with van der Waals surface area (Å²) in [4.78, 5) is 25.5. The Bertz CT molecular complexity index is 1010. The van der Waals surface area contributed by atoms with Gasteiger partial charge in [-0.1, -0.05) is 36.8 Å². The number of benzene rings is 2. The van der Waals surface area contributed by atoms with Crippen molar-refractivity contribution in [1.82, 2.24) is 0 Å². The molecule has 0 aliphatic heterocycles. The number of aryl methyl sites for hydroxylation is 1. The molecule has 0 bridgehead atoms. The number of methoxy groups -OCH3 is 1. The van der Waals surface area contributed by atoms with Gasteiger partial charge in [0.2, 0.25) is 0 Å². The number of carbonyl (C=O) groups is 2. The van der Waals surface area contributed by atoms with E-state index in [4.69, 9.17) is 9.47 Å². The van der Waals surface area contributed by atoms with Crippen molar-refractivity contribution in [2.24, 2.45) is 0 Å². The van der Waals surface area contributed by atoms with Crippen molar-refractivity contribution >= 4 is 28.2 Å². The third-order valence-corrected chi connectivity index (χ3v) is 5.24. The van der Waals surface area contributed by atoms with Crippen LogP contribution in [0.5, 0.6) is 5.75 Å². The number of carbonyl (C=O) groups excluding carboxylic acids is 2. The highest BCUT2D eigenvalue weighted by molar-refractivity contribution is 7.15. The van der Waals surface area contributed by atoms with E-state index in [-0.39, 0.29) is 5.91 Å². The molecule has 0 atom stereocenters. The summed E-state index contributed by atoms with van der Waals surface area (Å²) in [5.41, 5.74) is 3.62. The van der Waals surface area contributed by atoms with E-state index in [1.807, 2.05) is 43.5 Å². The maximum absolute atomic E-state index is 12.8. The predicted octanol–water partition coefficient (Wildman–Crippen LogP) is 5.55. The van der Waals surface area contributed by atoms with E-state index in [0.29, 0.717) is 28.5 Å². The third-order valence-electron chi connectivity index (χ3n) is 4.34. The van der Waals surface area contributed by atoms with Gasteiger partial charge in [0.1, 0.15) is 16.3 Å². The summed E-state index contributed by atoms with van der Waals surface area (Å²) >= 11 is 1.31. The second-order valence-corrected chi connectivity index (χ2v) is 7.42. The second kappa shape index (κ2) is 9.39. The van der Waals surface area contributed by atoms with Crippen molar-refractivity contribution in [3.63, 3.8) is 0 Å². The lowest BCUT2D eigenvalue weighted by Crippen LogP contribution is -2.15. The molecule has 0 saturated heterocycles. The van der Waals surface area contributed by atoms with Crippen molar-refractivity contribution in [3.05, 3.63) is 70.6 Å². The minimum atomic E-state index is -0.436. The number of ether oxygens (including phenoxy) is 2. The summed E-state index contributed by atoms with van der Waals surface area (Å²) in [5, 5.41) is 5.22. The van der Waals surface area contributed by atoms with Crippen molar-refractivity contribution in [1.29, 1.82) is 0 Å². The highest BCUT2D eigenvalue weighted by Crippen LogP contribution is 2.37. The average Bonchev–Trinajstić information content (AvgIpc) is 3.15. The standard InChI is InChI=1S/C23H23NO4S/c1-4-12-28-23(26)20-19(17-7-5-6-15(2)13-17)14-29-22(20)24-21(25)16-8-10-18(27-3)11-9-16/h5-11,13-14H,4,12H2,1-3H3,(H,24,25). The number of nitrogens with one attached hydrogen (secondary N) is 1. The minimum absolute atomic E-state index is 0.296. The molecule has 0 saturated carbocycles. The van der Waals surface area contributed by atoms with Gasteiger partial charge in [-0.25, -0.2) is 4.79 Å². The van der Waals surface area contributed by atoms with E-state index in [1.54, 1.807) is 31.4 Å². The summed E-state index contributed by atoms with van der Waals surface area (Å²) < 4.78 is 10.5. The lowest BCUT2D eigenvalue weighted by Gasteiger charge is -2.10. The molecule has 0 aliphatic carbocycles.